The molecule has 0 bridgehead atoms. The van der Waals surface area contributed by atoms with E-state index in [1.165, 1.54) is 0 Å². The second-order valence-electron chi connectivity index (χ2n) is 4.96. The van der Waals surface area contributed by atoms with Crippen molar-refractivity contribution in [1.29, 1.82) is 0 Å². The molecule has 1 aliphatic rings. The largest absolute Gasteiger partial charge is 0.368 e. The number of anilines is 1. The summed E-state index contributed by atoms with van der Waals surface area (Å²) in [5.41, 5.74) is 6.59. The van der Waals surface area contributed by atoms with E-state index in [2.05, 4.69) is 40.7 Å². The minimum absolute atomic E-state index is 0.359. The SMILES string of the molecule is CC1CN(Cc2ccnc(N)n2)CC(C)N1C. The van der Waals surface area contributed by atoms with E-state index in [0.717, 1.165) is 25.3 Å². The Morgan fingerprint density at radius 2 is 2.00 bits per heavy atom. The van der Waals surface area contributed by atoms with Gasteiger partial charge >= 0.3 is 0 Å². The Labute approximate surface area is 103 Å². The van der Waals surface area contributed by atoms with Crippen molar-refractivity contribution in [2.75, 3.05) is 25.9 Å². The van der Waals surface area contributed by atoms with Gasteiger partial charge < -0.3 is 5.73 Å². The monoisotopic (exact) mass is 235 g/mol. The van der Waals surface area contributed by atoms with Gasteiger partial charge in [0.15, 0.2) is 0 Å². The van der Waals surface area contributed by atoms with Crippen LogP contribution in [-0.4, -0.2) is 52.0 Å². The molecule has 0 amide bonds. The maximum Gasteiger partial charge on any atom is 0.220 e. The van der Waals surface area contributed by atoms with Crippen molar-refractivity contribution in [2.45, 2.75) is 32.5 Å². The standard InChI is InChI=1S/C12H21N5/c1-9-6-17(7-10(2)16(9)3)8-11-4-5-14-12(13)15-11/h4-5,9-10H,6-8H2,1-3H3,(H2,13,14,15). The maximum absolute atomic E-state index is 5.59. The molecule has 2 N–H and O–H groups in total. The van der Waals surface area contributed by atoms with Crippen LogP contribution in [0.2, 0.25) is 0 Å². The molecule has 1 aromatic rings. The van der Waals surface area contributed by atoms with Gasteiger partial charge in [-0.25, -0.2) is 9.97 Å². The fourth-order valence-electron chi connectivity index (χ4n) is 2.37. The predicted molar refractivity (Wildman–Crippen MR) is 68.4 cm³/mol. The Kier molecular flexibility index (Phi) is 3.59. The molecule has 17 heavy (non-hydrogen) atoms. The Morgan fingerprint density at radius 1 is 1.35 bits per heavy atom. The normalized spacial score (nSPS) is 27.2. The van der Waals surface area contributed by atoms with Crippen molar-refractivity contribution < 1.29 is 0 Å². The highest BCUT2D eigenvalue weighted by Gasteiger charge is 2.26. The number of nitrogens with two attached hydrogens (primary N) is 1. The summed E-state index contributed by atoms with van der Waals surface area (Å²) in [6, 6.07) is 3.10. The summed E-state index contributed by atoms with van der Waals surface area (Å²) in [5, 5.41) is 0. The zero-order valence-electron chi connectivity index (χ0n) is 10.8. The maximum atomic E-state index is 5.59. The van der Waals surface area contributed by atoms with Gasteiger partial charge in [-0.15, -0.1) is 0 Å². The molecule has 5 nitrogen and oxygen atoms in total. The van der Waals surface area contributed by atoms with Gasteiger partial charge in [0.2, 0.25) is 5.95 Å². The number of hydrogen-bond donors (Lipinski definition) is 1. The van der Waals surface area contributed by atoms with Crippen molar-refractivity contribution in [1.82, 2.24) is 19.8 Å². The average Bonchev–Trinajstić information content (AvgIpc) is 2.26. The molecule has 0 saturated carbocycles. The highest BCUT2D eigenvalue weighted by Crippen LogP contribution is 2.15. The molecule has 2 rings (SSSR count). The lowest BCUT2D eigenvalue weighted by atomic mass is 10.1. The number of likely N-dealkylation sites (N-methyl/N-ethyl adjacent to an activating group) is 1. The van der Waals surface area contributed by atoms with E-state index in [0.29, 0.717) is 18.0 Å². The number of aromatic nitrogens is 2. The van der Waals surface area contributed by atoms with E-state index in [-0.39, 0.29) is 0 Å². The molecule has 0 spiro atoms. The lowest BCUT2D eigenvalue weighted by Crippen LogP contribution is -2.54. The first-order valence-corrected chi connectivity index (χ1v) is 6.08. The van der Waals surface area contributed by atoms with E-state index in [1.54, 1.807) is 6.20 Å². The van der Waals surface area contributed by atoms with Crippen LogP contribution >= 0.6 is 0 Å². The minimum Gasteiger partial charge on any atom is -0.368 e. The van der Waals surface area contributed by atoms with Crippen LogP contribution in [0.3, 0.4) is 0 Å². The molecule has 2 atom stereocenters. The van der Waals surface area contributed by atoms with Crippen LogP contribution in [-0.2, 0) is 6.54 Å². The number of nitrogens with zero attached hydrogens (tertiary/aromatic N) is 4. The van der Waals surface area contributed by atoms with E-state index in [1.807, 2.05) is 6.07 Å². The van der Waals surface area contributed by atoms with Crippen LogP contribution in [0, 0.1) is 0 Å². The third-order valence-electron chi connectivity index (χ3n) is 3.55. The molecular formula is C12H21N5. The summed E-state index contributed by atoms with van der Waals surface area (Å²) in [6.45, 7) is 7.53. The molecule has 0 aromatic carbocycles. The average molecular weight is 235 g/mol. The Morgan fingerprint density at radius 3 is 2.59 bits per heavy atom. The lowest BCUT2D eigenvalue weighted by molar-refractivity contribution is 0.0549. The highest BCUT2D eigenvalue weighted by atomic mass is 15.3. The molecule has 5 heteroatoms. The number of nitrogen functional groups attached to an aromatic ring is 1. The summed E-state index contributed by atoms with van der Waals surface area (Å²) in [7, 11) is 2.19. The first kappa shape index (κ1) is 12.3. The second-order valence-corrected chi connectivity index (χ2v) is 4.96. The van der Waals surface area contributed by atoms with Crippen molar-refractivity contribution >= 4 is 5.95 Å². The van der Waals surface area contributed by atoms with Gasteiger partial charge in [0.05, 0.1) is 5.69 Å². The highest BCUT2D eigenvalue weighted by molar-refractivity contribution is 5.17. The fraction of sp³-hybridized carbons (Fsp3) is 0.667. The zero-order valence-corrected chi connectivity index (χ0v) is 10.8. The predicted octanol–water partition coefficient (Wildman–Crippen LogP) is 0.583. The quantitative estimate of drug-likeness (QED) is 0.812. The van der Waals surface area contributed by atoms with Gasteiger partial charge in [-0.05, 0) is 27.0 Å². The topological polar surface area (TPSA) is 58.3 Å². The van der Waals surface area contributed by atoms with Crippen LogP contribution in [0.5, 0.6) is 0 Å². The van der Waals surface area contributed by atoms with E-state index in [9.17, 15) is 0 Å². The van der Waals surface area contributed by atoms with Crippen molar-refractivity contribution in [3.8, 4) is 0 Å². The molecule has 2 heterocycles. The minimum atomic E-state index is 0.359. The molecule has 0 aliphatic carbocycles. The third kappa shape index (κ3) is 2.92. The van der Waals surface area contributed by atoms with Gasteiger partial charge in [-0.1, -0.05) is 0 Å². The van der Waals surface area contributed by atoms with Gasteiger partial charge in [0, 0.05) is 37.9 Å². The molecular weight excluding hydrogens is 214 g/mol. The van der Waals surface area contributed by atoms with Gasteiger partial charge in [-0.3, -0.25) is 9.80 Å². The summed E-state index contributed by atoms with van der Waals surface area (Å²) >= 11 is 0. The Bertz CT molecular complexity index is 369. The van der Waals surface area contributed by atoms with Crippen LogP contribution in [0.4, 0.5) is 5.95 Å². The van der Waals surface area contributed by atoms with Gasteiger partial charge in [0.1, 0.15) is 0 Å². The second kappa shape index (κ2) is 4.98. The van der Waals surface area contributed by atoms with E-state index < -0.39 is 0 Å². The molecule has 1 aromatic heterocycles. The molecule has 1 saturated heterocycles. The number of piperazine rings is 1. The zero-order chi connectivity index (χ0) is 12.4. The molecule has 94 valence electrons. The molecule has 1 aliphatic heterocycles. The first-order chi connectivity index (χ1) is 8.06. The fourth-order valence-corrected chi connectivity index (χ4v) is 2.37. The van der Waals surface area contributed by atoms with Crippen molar-refractivity contribution in [2.24, 2.45) is 0 Å². The van der Waals surface area contributed by atoms with Gasteiger partial charge in [-0.2, -0.15) is 0 Å². The Hall–Kier alpha value is -1.20. The molecule has 2 unspecified atom stereocenters. The summed E-state index contributed by atoms with van der Waals surface area (Å²) < 4.78 is 0. The van der Waals surface area contributed by atoms with E-state index >= 15 is 0 Å². The smallest absolute Gasteiger partial charge is 0.220 e. The summed E-state index contributed by atoms with van der Waals surface area (Å²) in [5.74, 6) is 0.359. The molecule has 0 radical (unpaired) electrons. The van der Waals surface area contributed by atoms with E-state index in [4.69, 9.17) is 5.73 Å². The third-order valence-corrected chi connectivity index (χ3v) is 3.55. The Balaban J connectivity index is 2.00. The summed E-state index contributed by atoms with van der Waals surface area (Å²) in [6.07, 6.45) is 1.72. The van der Waals surface area contributed by atoms with Crippen molar-refractivity contribution in [3.63, 3.8) is 0 Å². The lowest BCUT2D eigenvalue weighted by Gasteiger charge is -2.42. The first-order valence-electron chi connectivity index (χ1n) is 6.08. The summed E-state index contributed by atoms with van der Waals surface area (Å²) in [4.78, 5) is 13.0. The van der Waals surface area contributed by atoms with Crippen LogP contribution in [0.1, 0.15) is 19.5 Å². The number of rotatable bonds is 2. The van der Waals surface area contributed by atoms with Crippen molar-refractivity contribution in [3.05, 3.63) is 18.0 Å². The van der Waals surface area contributed by atoms with Crippen LogP contribution in [0.25, 0.3) is 0 Å². The molecule has 1 fully saturated rings. The van der Waals surface area contributed by atoms with Crippen LogP contribution in [0.15, 0.2) is 12.3 Å². The number of hydrogen-bond acceptors (Lipinski definition) is 5. The van der Waals surface area contributed by atoms with Crippen LogP contribution < -0.4 is 5.73 Å². The van der Waals surface area contributed by atoms with Gasteiger partial charge in [0.25, 0.3) is 0 Å².